The SMILES string of the molecule is NC(=O)c1cnc(C[SH](=O)=O)nc1NC12CC(C1)C2. The van der Waals surface area contributed by atoms with Gasteiger partial charge < -0.3 is 11.1 Å². The van der Waals surface area contributed by atoms with Gasteiger partial charge in [-0.05, 0) is 25.2 Å². The van der Waals surface area contributed by atoms with Crippen molar-refractivity contribution in [1.82, 2.24) is 9.97 Å². The number of amides is 1. The van der Waals surface area contributed by atoms with Gasteiger partial charge in [0.1, 0.15) is 28.1 Å². The number of nitrogens with two attached hydrogens (primary N) is 1. The average molecular weight is 282 g/mol. The standard InChI is InChI=1S/C11H14N4O3S/c12-9(16)7-4-13-8(5-19(17)18)14-10(7)15-11-1-6(2-11)3-11/h4,6,19H,1-3,5H2,(H2,12,16)(H,13,14,15). The molecule has 0 aromatic carbocycles. The summed E-state index contributed by atoms with van der Waals surface area (Å²) in [5.41, 5.74) is 5.51. The van der Waals surface area contributed by atoms with Crippen LogP contribution in [0.2, 0.25) is 0 Å². The molecule has 0 saturated heterocycles. The molecule has 1 aromatic heterocycles. The van der Waals surface area contributed by atoms with Crippen LogP contribution in [-0.2, 0) is 16.5 Å². The third-order valence-corrected chi connectivity index (χ3v) is 4.34. The van der Waals surface area contributed by atoms with Crippen molar-refractivity contribution in [1.29, 1.82) is 0 Å². The van der Waals surface area contributed by atoms with Crippen LogP contribution in [0.3, 0.4) is 0 Å². The number of thiol groups is 1. The minimum Gasteiger partial charge on any atom is -0.365 e. The van der Waals surface area contributed by atoms with Crippen molar-refractivity contribution >= 4 is 22.4 Å². The Hall–Kier alpha value is -1.70. The van der Waals surface area contributed by atoms with Gasteiger partial charge in [-0.2, -0.15) is 0 Å². The minimum atomic E-state index is -2.60. The van der Waals surface area contributed by atoms with Gasteiger partial charge >= 0.3 is 0 Å². The summed E-state index contributed by atoms with van der Waals surface area (Å²) in [6.07, 6.45) is 4.50. The van der Waals surface area contributed by atoms with Gasteiger partial charge in [-0.25, -0.2) is 18.4 Å². The Kier molecular flexibility index (Phi) is 2.70. The lowest BCUT2D eigenvalue weighted by Crippen LogP contribution is -2.63. The molecular formula is C11H14N4O3S. The van der Waals surface area contributed by atoms with E-state index >= 15 is 0 Å². The van der Waals surface area contributed by atoms with Crippen LogP contribution >= 0.6 is 0 Å². The molecule has 0 atom stereocenters. The van der Waals surface area contributed by atoms with E-state index in [2.05, 4.69) is 15.3 Å². The van der Waals surface area contributed by atoms with E-state index in [1.54, 1.807) is 0 Å². The molecular weight excluding hydrogens is 268 g/mol. The van der Waals surface area contributed by atoms with Crippen LogP contribution in [-0.4, -0.2) is 29.8 Å². The fourth-order valence-corrected chi connectivity index (χ4v) is 3.15. The molecule has 0 radical (unpaired) electrons. The van der Waals surface area contributed by atoms with Crippen molar-refractivity contribution in [2.24, 2.45) is 11.7 Å². The van der Waals surface area contributed by atoms with Crippen LogP contribution in [0.1, 0.15) is 35.4 Å². The lowest BCUT2D eigenvalue weighted by Gasteiger charge is -2.62. The second-order valence-electron chi connectivity index (χ2n) is 5.29. The molecule has 8 heteroatoms. The summed E-state index contributed by atoms with van der Waals surface area (Å²) in [7, 11) is -2.60. The molecule has 0 unspecified atom stereocenters. The second-order valence-corrected chi connectivity index (χ2v) is 6.27. The van der Waals surface area contributed by atoms with E-state index in [0.717, 1.165) is 25.2 Å². The number of rotatable bonds is 5. The molecule has 3 aliphatic rings. The molecule has 1 aromatic rings. The van der Waals surface area contributed by atoms with Gasteiger partial charge in [-0.1, -0.05) is 0 Å². The predicted octanol–water partition coefficient (Wildman–Crippen LogP) is -0.349. The number of aromatic nitrogens is 2. The first-order chi connectivity index (χ1) is 8.97. The Morgan fingerprint density at radius 1 is 1.47 bits per heavy atom. The molecule has 4 rings (SSSR count). The molecule has 3 N–H and O–H groups in total. The van der Waals surface area contributed by atoms with Crippen LogP contribution in [0.5, 0.6) is 0 Å². The number of carbonyl (C=O) groups excluding carboxylic acids is 1. The molecule has 0 spiro atoms. The zero-order valence-corrected chi connectivity index (χ0v) is 11.0. The molecule has 7 nitrogen and oxygen atoms in total. The van der Waals surface area contributed by atoms with Crippen LogP contribution in [0.15, 0.2) is 6.20 Å². The van der Waals surface area contributed by atoms with E-state index in [9.17, 15) is 13.2 Å². The minimum absolute atomic E-state index is 0.0279. The smallest absolute Gasteiger partial charge is 0.254 e. The van der Waals surface area contributed by atoms with Gasteiger partial charge in [0, 0.05) is 11.7 Å². The van der Waals surface area contributed by atoms with Crippen molar-refractivity contribution in [3.05, 3.63) is 17.6 Å². The van der Waals surface area contributed by atoms with Crippen molar-refractivity contribution in [3.63, 3.8) is 0 Å². The Balaban J connectivity index is 1.90. The maximum atomic E-state index is 11.3. The number of nitrogens with zero attached hydrogens (tertiary/aromatic N) is 2. The zero-order chi connectivity index (χ0) is 13.6. The van der Waals surface area contributed by atoms with Crippen LogP contribution < -0.4 is 11.1 Å². The molecule has 102 valence electrons. The number of nitrogens with one attached hydrogen (secondary N) is 1. The fourth-order valence-electron chi connectivity index (χ4n) is 2.77. The summed E-state index contributed by atoms with van der Waals surface area (Å²) in [4.78, 5) is 19.3. The van der Waals surface area contributed by atoms with Crippen molar-refractivity contribution in [2.45, 2.75) is 30.6 Å². The first-order valence-corrected chi connectivity index (χ1v) is 7.39. The Morgan fingerprint density at radius 3 is 2.63 bits per heavy atom. The topological polar surface area (TPSA) is 115 Å². The summed E-state index contributed by atoms with van der Waals surface area (Å²) in [6.45, 7) is 0. The highest BCUT2D eigenvalue weighted by atomic mass is 32.2. The van der Waals surface area contributed by atoms with Crippen molar-refractivity contribution in [2.75, 3.05) is 5.32 Å². The second kappa shape index (κ2) is 4.16. The predicted molar refractivity (Wildman–Crippen MR) is 68.3 cm³/mol. The third-order valence-electron chi connectivity index (χ3n) is 3.80. The molecule has 3 fully saturated rings. The maximum Gasteiger partial charge on any atom is 0.254 e. The van der Waals surface area contributed by atoms with Crippen LogP contribution in [0.4, 0.5) is 5.82 Å². The van der Waals surface area contributed by atoms with Gasteiger partial charge in [0.25, 0.3) is 5.91 Å². The average Bonchev–Trinajstić information content (AvgIpc) is 2.20. The summed E-state index contributed by atoms with van der Waals surface area (Å²) in [5, 5.41) is 3.24. The Morgan fingerprint density at radius 2 is 2.16 bits per heavy atom. The van der Waals surface area contributed by atoms with E-state index in [1.807, 2.05) is 0 Å². The molecule has 3 saturated carbocycles. The fraction of sp³-hybridized carbons (Fsp3) is 0.545. The highest BCUT2D eigenvalue weighted by Crippen LogP contribution is 2.58. The summed E-state index contributed by atoms with van der Waals surface area (Å²) >= 11 is 0. The molecule has 1 heterocycles. The van der Waals surface area contributed by atoms with Gasteiger partial charge in [-0.3, -0.25) is 4.79 Å². The van der Waals surface area contributed by atoms with E-state index < -0.39 is 16.6 Å². The monoisotopic (exact) mass is 282 g/mol. The van der Waals surface area contributed by atoms with Crippen molar-refractivity contribution < 1.29 is 13.2 Å². The number of primary amides is 1. The molecule has 0 aliphatic heterocycles. The highest BCUT2D eigenvalue weighted by molar-refractivity contribution is 7.71. The lowest BCUT2D eigenvalue weighted by molar-refractivity contribution is 0.00175. The summed E-state index contributed by atoms with van der Waals surface area (Å²) in [6, 6.07) is 0. The molecule has 3 aliphatic carbocycles. The lowest BCUT2D eigenvalue weighted by atomic mass is 9.50. The maximum absolute atomic E-state index is 11.3. The van der Waals surface area contributed by atoms with Crippen molar-refractivity contribution in [3.8, 4) is 0 Å². The van der Waals surface area contributed by atoms with Crippen LogP contribution in [0.25, 0.3) is 0 Å². The van der Waals surface area contributed by atoms with Gasteiger partial charge in [-0.15, -0.1) is 0 Å². The zero-order valence-electron chi connectivity index (χ0n) is 10.1. The van der Waals surface area contributed by atoms with Gasteiger partial charge in [0.05, 0.1) is 5.56 Å². The first kappa shape index (κ1) is 12.3. The quantitative estimate of drug-likeness (QED) is 0.636. The number of carbonyl (C=O) groups is 1. The van der Waals surface area contributed by atoms with Gasteiger partial charge in [0.2, 0.25) is 0 Å². The largest absolute Gasteiger partial charge is 0.365 e. The van der Waals surface area contributed by atoms with E-state index in [-0.39, 0.29) is 22.7 Å². The molecule has 19 heavy (non-hydrogen) atoms. The molecule has 1 amide bonds. The third kappa shape index (κ3) is 2.16. The highest BCUT2D eigenvalue weighted by Gasteiger charge is 2.57. The summed E-state index contributed by atoms with van der Waals surface area (Å²) < 4.78 is 21.4. The Labute approximate surface area is 111 Å². The first-order valence-electron chi connectivity index (χ1n) is 6.03. The molecule has 2 bridgehead atoms. The van der Waals surface area contributed by atoms with Crippen LogP contribution in [0, 0.1) is 5.92 Å². The number of hydrogen-bond donors (Lipinski definition) is 3. The Bertz CT molecular complexity index is 603. The normalized spacial score (nSPS) is 27.5. The number of anilines is 1. The van der Waals surface area contributed by atoms with E-state index in [1.165, 1.54) is 6.20 Å². The summed E-state index contributed by atoms with van der Waals surface area (Å²) in [5.74, 6) is 0.454. The van der Waals surface area contributed by atoms with Gasteiger partial charge in [0.15, 0.2) is 0 Å². The van der Waals surface area contributed by atoms with E-state index in [0.29, 0.717) is 5.82 Å². The number of hydrogen-bond acceptors (Lipinski definition) is 6. The van der Waals surface area contributed by atoms with E-state index in [4.69, 9.17) is 5.73 Å².